The molecule has 1 aliphatic heterocycles. The second-order valence-corrected chi connectivity index (χ2v) is 7.90. The van der Waals surface area contributed by atoms with E-state index in [2.05, 4.69) is 13.8 Å². The predicted molar refractivity (Wildman–Crippen MR) is 111 cm³/mol. The van der Waals surface area contributed by atoms with Gasteiger partial charge in [0, 0.05) is 30.9 Å². The molecule has 5 nitrogen and oxygen atoms in total. The normalized spacial score (nSPS) is 17.0. The van der Waals surface area contributed by atoms with Crippen LogP contribution in [0.25, 0.3) is 0 Å². The van der Waals surface area contributed by atoms with Gasteiger partial charge in [-0.3, -0.25) is 4.79 Å². The summed E-state index contributed by atoms with van der Waals surface area (Å²) in [5.74, 6) is 0.171. The molecule has 8 heteroatoms. The number of piperazine rings is 1. The summed E-state index contributed by atoms with van der Waals surface area (Å²) in [6.45, 7) is 4.57. The smallest absolute Gasteiger partial charge is 0.394 e. The molecule has 2 aromatic rings. The Balaban J connectivity index is 1.80. The summed E-state index contributed by atoms with van der Waals surface area (Å²) in [6, 6.07) is 11.9. The summed E-state index contributed by atoms with van der Waals surface area (Å²) >= 11 is 0. The molecule has 0 bridgehead atoms. The fourth-order valence-corrected chi connectivity index (χ4v) is 3.77. The lowest BCUT2D eigenvalue weighted by atomic mass is 10.0. The lowest BCUT2D eigenvalue weighted by Crippen LogP contribution is -2.56. The Bertz CT molecular complexity index is 981. The molecule has 1 fully saturated rings. The first-order chi connectivity index (χ1) is 14.7. The zero-order valence-corrected chi connectivity index (χ0v) is 17.4. The van der Waals surface area contributed by atoms with Crippen LogP contribution in [-0.4, -0.2) is 48.2 Å². The molecule has 0 spiro atoms. The molecule has 1 unspecified atom stereocenters. The van der Waals surface area contributed by atoms with Gasteiger partial charge >= 0.3 is 6.18 Å². The number of aliphatic hydroxyl groups excluding tert-OH is 1. The van der Waals surface area contributed by atoms with Crippen molar-refractivity contribution in [1.29, 1.82) is 5.26 Å². The van der Waals surface area contributed by atoms with E-state index in [0.29, 0.717) is 18.0 Å². The van der Waals surface area contributed by atoms with Crippen LogP contribution in [0.1, 0.15) is 46.8 Å². The van der Waals surface area contributed by atoms with Crippen LogP contribution in [0.4, 0.5) is 18.9 Å². The van der Waals surface area contributed by atoms with Crippen LogP contribution in [0.15, 0.2) is 42.5 Å². The minimum absolute atomic E-state index is 0.177. The predicted octanol–water partition coefficient (Wildman–Crippen LogP) is 4.02. The molecule has 3 rings (SSSR count). The quantitative estimate of drug-likeness (QED) is 0.794. The fraction of sp³-hybridized carbons (Fsp3) is 0.391. The second kappa shape index (κ2) is 8.98. The topological polar surface area (TPSA) is 67.6 Å². The molecule has 0 radical (unpaired) electrons. The number of carbonyl (C=O) groups excluding carboxylic acids is 1. The zero-order valence-electron chi connectivity index (χ0n) is 17.4. The summed E-state index contributed by atoms with van der Waals surface area (Å²) in [5.41, 5.74) is 0.463. The first-order valence-electron chi connectivity index (χ1n) is 10.0. The van der Waals surface area contributed by atoms with Gasteiger partial charge in [0.1, 0.15) is 0 Å². The van der Waals surface area contributed by atoms with Crippen molar-refractivity contribution in [3.63, 3.8) is 0 Å². The lowest BCUT2D eigenvalue weighted by molar-refractivity contribution is -0.137. The van der Waals surface area contributed by atoms with Gasteiger partial charge in [0.2, 0.25) is 0 Å². The number of nitriles is 1. The third kappa shape index (κ3) is 4.83. The van der Waals surface area contributed by atoms with Gasteiger partial charge in [-0.05, 0) is 41.8 Å². The average Bonchev–Trinajstić information content (AvgIpc) is 2.77. The zero-order chi connectivity index (χ0) is 22.8. The van der Waals surface area contributed by atoms with Gasteiger partial charge in [-0.25, -0.2) is 0 Å². The number of hydrogen-bond donors (Lipinski definition) is 1. The van der Waals surface area contributed by atoms with Crippen molar-refractivity contribution in [2.75, 3.05) is 31.1 Å². The molecule has 0 aliphatic carbocycles. The Hall–Kier alpha value is -3.05. The second-order valence-electron chi connectivity index (χ2n) is 7.90. The van der Waals surface area contributed by atoms with Gasteiger partial charge in [-0.2, -0.15) is 18.4 Å². The summed E-state index contributed by atoms with van der Waals surface area (Å²) in [4.78, 5) is 16.2. The first kappa shape index (κ1) is 22.6. The Morgan fingerprint density at radius 3 is 2.42 bits per heavy atom. The van der Waals surface area contributed by atoms with E-state index in [1.165, 1.54) is 6.07 Å². The van der Waals surface area contributed by atoms with Gasteiger partial charge in [0.05, 0.1) is 29.8 Å². The highest BCUT2D eigenvalue weighted by Gasteiger charge is 2.36. The van der Waals surface area contributed by atoms with Crippen LogP contribution in [0, 0.1) is 11.3 Å². The van der Waals surface area contributed by atoms with E-state index < -0.39 is 23.3 Å². The van der Waals surface area contributed by atoms with E-state index in [1.54, 1.807) is 28.0 Å². The largest absolute Gasteiger partial charge is 0.417 e. The Morgan fingerprint density at radius 1 is 1.19 bits per heavy atom. The number of carbonyl (C=O) groups is 1. The van der Waals surface area contributed by atoms with Crippen LogP contribution in [0.5, 0.6) is 0 Å². The van der Waals surface area contributed by atoms with Gasteiger partial charge in [0.15, 0.2) is 0 Å². The van der Waals surface area contributed by atoms with Gasteiger partial charge in [-0.1, -0.05) is 26.0 Å². The van der Waals surface area contributed by atoms with Gasteiger partial charge in [-0.15, -0.1) is 0 Å². The third-order valence-electron chi connectivity index (χ3n) is 5.57. The maximum absolute atomic E-state index is 13.3. The van der Waals surface area contributed by atoms with Crippen molar-refractivity contribution >= 4 is 11.6 Å². The average molecular weight is 431 g/mol. The molecule has 164 valence electrons. The van der Waals surface area contributed by atoms with Crippen molar-refractivity contribution in [3.8, 4) is 6.07 Å². The van der Waals surface area contributed by atoms with E-state index in [4.69, 9.17) is 5.26 Å². The van der Waals surface area contributed by atoms with Crippen molar-refractivity contribution < 1.29 is 23.1 Å². The summed E-state index contributed by atoms with van der Waals surface area (Å²) in [5, 5.41) is 18.9. The van der Waals surface area contributed by atoms with E-state index >= 15 is 0 Å². The summed E-state index contributed by atoms with van der Waals surface area (Å²) in [6.07, 6.45) is -4.66. The molecule has 1 saturated heterocycles. The van der Waals surface area contributed by atoms with Gasteiger partial charge < -0.3 is 14.9 Å². The standard InChI is InChI=1S/C23H24F3N3O2/c1-15(2)16-3-5-17(6-4-16)22(31)28-9-10-29(20(13-28)14-30)19-8-7-18(12-27)21(11-19)23(24,25)26/h3-8,11,15,20,30H,9-10,13-14H2,1-2H3. The molecule has 2 aromatic carbocycles. The maximum atomic E-state index is 13.3. The van der Waals surface area contributed by atoms with Crippen molar-refractivity contribution in [3.05, 3.63) is 64.7 Å². The number of halogens is 3. The Labute approximate surface area is 179 Å². The number of aliphatic hydroxyl groups is 1. The van der Waals surface area contributed by atoms with E-state index in [1.807, 2.05) is 12.1 Å². The number of rotatable bonds is 4. The molecule has 1 amide bonds. The van der Waals surface area contributed by atoms with E-state index in [9.17, 15) is 23.1 Å². The van der Waals surface area contributed by atoms with Crippen molar-refractivity contribution in [2.45, 2.75) is 32.0 Å². The third-order valence-corrected chi connectivity index (χ3v) is 5.57. The molecule has 0 saturated carbocycles. The number of hydrogen-bond acceptors (Lipinski definition) is 4. The van der Waals surface area contributed by atoms with Crippen molar-refractivity contribution in [1.82, 2.24) is 4.90 Å². The number of anilines is 1. The number of nitrogens with zero attached hydrogens (tertiary/aromatic N) is 3. The monoisotopic (exact) mass is 431 g/mol. The number of amides is 1. The van der Waals surface area contributed by atoms with Crippen LogP contribution in [-0.2, 0) is 6.18 Å². The van der Waals surface area contributed by atoms with E-state index in [0.717, 1.165) is 17.7 Å². The fourth-order valence-electron chi connectivity index (χ4n) is 3.77. The molecule has 1 N–H and O–H groups in total. The van der Waals surface area contributed by atoms with Gasteiger partial charge in [0.25, 0.3) is 5.91 Å². The minimum Gasteiger partial charge on any atom is -0.394 e. The van der Waals surface area contributed by atoms with Crippen LogP contribution in [0.2, 0.25) is 0 Å². The molecule has 1 heterocycles. The first-order valence-corrected chi connectivity index (χ1v) is 10.0. The summed E-state index contributed by atoms with van der Waals surface area (Å²) in [7, 11) is 0. The Morgan fingerprint density at radius 2 is 1.87 bits per heavy atom. The SMILES string of the molecule is CC(C)c1ccc(C(=O)N2CCN(c3ccc(C#N)c(C(F)(F)F)c3)C(CO)C2)cc1. The number of benzene rings is 2. The van der Waals surface area contributed by atoms with Crippen LogP contribution < -0.4 is 4.90 Å². The molecule has 1 aliphatic rings. The number of alkyl halides is 3. The molecule has 1 atom stereocenters. The highest BCUT2D eigenvalue weighted by Crippen LogP contribution is 2.35. The minimum atomic E-state index is -4.66. The van der Waals surface area contributed by atoms with Crippen LogP contribution in [0.3, 0.4) is 0 Å². The highest BCUT2D eigenvalue weighted by molar-refractivity contribution is 5.94. The lowest BCUT2D eigenvalue weighted by Gasteiger charge is -2.42. The Kier molecular flexibility index (Phi) is 6.56. The molecular formula is C23H24F3N3O2. The van der Waals surface area contributed by atoms with Crippen molar-refractivity contribution in [2.24, 2.45) is 0 Å². The molecular weight excluding hydrogens is 407 g/mol. The van der Waals surface area contributed by atoms with Crippen LogP contribution >= 0.6 is 0 Å². The van der Waals surface area contributed by atoms with E-state index in [-0.39, 0.29) is 31.3 Å². The maximum Gasteiger partial charge on any atom is 0.417 e. The highest BCUT2D eigenvalue weighted by atomic mass is 19.4. The molecule has 0 aromatic heterocycles. The molecule has 31 heavy (non-hydrogen) atoms. The summed E-state index contributed by atoms with van der Waals surface area (Å²) < 4.78 is 40.0.